The van der Waals surface area contributed by atoms with Gasteiger partial charge in [-0.3, -0.25) is 0 Å². The summed E-state index contributed by atoms with van der Waals surface area (Å²) in [4.78, 5) is 11.2. The number of carbonyl (C=O) groups excluding carboxylic acids is 1. The highest BCUT2D eigenvalue weighted by molar-refractivity contribution is 5.71. The van der Waals surface area contributed by atoms with Gasteiger partial charge in [0.2, 0.25) is 0 Å². The molecule has 1 N–H and O–H groups in total. The molecule has 0 spiro atoms. The van der Waals surface area contributed by atoms with E-state index in [0.29, 0.717) is 0 Å². The van der Waals surface area contributed by atoms with Crippen molar-refractivity contribution >= 4 is 6.09 Å². The Morgan fingerprint density at radius 3 is 2.04 bits per heavy atom. The van der Waals surface area contributed by atoms with E-state index in [9.17, 15) is 4.79 Å². The summed E-state index contributed by atoms with van der Waals surface area (Å²) < 4.78 is 5.33. The lowest BCUT2D eigenvalue weighted by molar-refractivity contribution is 0.151. The van der Waals surface area contributed by atoms with Gasteiger partial charge in [-0.25, -0.2) is 4.79 Å². The first kappa shape index (κ1) is 18.4. The molecule has 1 heterocycles. The maximum atomic E-state index is 11.2. The number of allylic oxidation sites excluding steroid dienone is 1. The molecule has 1 saturated heterocycles. The van der Waals surface area contributed by atoms with Crippen LogP contribution in [0.2, 0.25) is 0 Å². The van der Waals surface area contributed by atoms with Crippen LogP contribution in [0.15, 0.2) is 11.1 Å². The fourth-order valence-corrected chi connectivity index (χ4v) is 3.62. The van der Waals surface area contributed by atoms with Gasteiger partial charge in [-0.2, -0.15) is 0 Å². The van der Waals surface area contributed by atoms with Crippen molar-refractivity contribution in [2.75, 3.05) is 0 Å². The fraction of sp³-hybridized carbons (Fsp3) is 0.850. The van der Waals surface area contributed by atoms with E-state index in [0.717, 1.165) is 6.42 Å². The molecule has 0 aromatic heterocycles. The Morgan fingerprint density at radius 1 is 0.957 bits per heavy atom. The van der Waals surface area contributed by atoms with Crippen LogP contribution in [0.5, 0.6) is 0 Å². The molecular weight excluding hydrogens is 286 g/mol. The fourth-order valence-electron chi connectivity index (χ4n) is 3.62. The zero-order valence-electron chi connectivity index (χ0n) is 15.2. The molecule has 1 fully saturated rings. The van der Waals surface area contributed by atoms with Crippen LogP contribution in [0.1, 0.15) is 97.3 Å². The predicted octanol–water partition coefficient (Wildman–Crippen LogP) is 5.88. The smallest absolute Gasteiger partial charge is 0.408 e. The van der Waals surface area contributed by atoms with Gasteiger partial charge in [0.25, 0.3) is 0 Å². The molecule has 0 bridgehead atoms. The first-order chi connectivity index (χ1) is 11.2. The zero-order chi connectivity index (χ0) is 16.5. The lowest BCUT2D eigenvalue weighted by Crippen LogP contribution is -2.27. The van der Waals surface area contributed by atoms with Crippen LogP contribution >= 0.6 is 0 Å². The number of nitrogens with one attached hydrogen (secondary N) is 1. The van der Waals surface area contributed by atoms with E-state index >= 15 is 0 Å². The first-order valence-electron chi connectivity index (χ1n) is 9.90. The minimum Gasteiger partial charge on any atom is -0.439 e. The van der Waals surface area contributed by atoms with Gasteiger partial charge in [-0.05, 0) is 31.8 Å². The van der Waals surface area contributed by atoms with Crippen molar-refractivity contribution in [3.8, 4) is 0 Å². The van der Waals surface area contributed by atoms with Crippen LogP contribution in [0.25, 0.3) is 0 Å². The number of hydrogen-bond donors (Lipinski definition) is 1. The summed E-state index contributed by atoms with van der Waals surface area (Å²) in [6.45, 7) is 4.30. The molecule has 2 rings (SSSR count). The molecule has 0 unspecified atom stereocenters. The minimum atomic E-state index is -0.254. The summed E-state index contributed by atoms with van der Waals surface area (Å²) in [5.74, 6) is 0. The molecule has 0 saturated carbocycles. The van der Waals surface area contributed by atoms with Gasteiger partial charge < -0.3 is 10.1 Å². The second-order valence-corrected chi connectivity index (χ2v) is 7.35. The lowest BCUT2D eigenvalue weighted by atomic mass is 10.0. The Labute approximate surface area is 142 Å². The zero-order valence-corrected chi connectivity index (χ0v) is 15.2. The summed E-state index contributed by atoms with van der Waals surface area (Å²) in [7, 11) is 0. The largest absolute Gasteiger partial charge is 0.439 e. The summed E-state index contributed by atoms with van der Waals surface area (Å²) in [6, 6.07) is 0.146. The van der Waals surface area contributed by atoms with Crippen molar-refractivity contribution in [2.45, 2.75) is 109 Å². The van der Waals surface area contributed by atoms with Crippen LogP contribution in [0, 0.1) is 0 Å². The molecule has 3 nitrogen and oxygen atoms in total. The Kier molecular flexibility index (Phi) is 7.98. The van der Waals surface area contributed by atoms with Gasteiger partial charge >= 0.3 is 6.09 Å². The van der Waals surface area contributed by atoms with Crippen LogP contribution in [-0.2, 0) is 4.74 Å². The monoisotopic (exact) mass is 321 g/mol. The minimum absolute atomic E-state index is 0.0187. The van der Waals surface area contributed by atoms with E-state index in [4.69, 9.17) is 4.74 Å². The van der Waals surface area contributed by atoms with Crippen LogP contribution in [0.3, 0.4) is 0 Å². The number of hydrogen-bond acceptors (Lipinski definition) is 2. The number of alkyl carbamates (subject to hydrolysis) is 1. The number of cyclic esters (lactones) is 1. The van der Waals surface area contributed by atoms with Gasteiger partial charge in [-0.15, -0.1) is 0 Å². The molecule has 1 aliphatic heterocycles. The SMILES string of the molecule is CCCCCCCCCCCCCC1=C([C@H]2OC(=O)N[C@H]2C)C1. The van der Waals surface area contributed by atoms with E-state index in [1.165, 1.54) is 82.6 Å². The van der Waals surface area contributed by atoms with E-state index < -0.39 is 0 Å². The third kappa shape index (κ3) is 6.56. The molecule has 2 aliphatic rings. The summed E-state index contributed by atoms with van der Waals surface area (Å²) in [6.07, 6.45) is 17.4. The molecule has 23 heavy (non-hydrogen) atoms. The number of unbranched alkanes of at least 4 members (excludes halogenated alkanes) is 10. The Bertz CT molecular complexity index is 402. The molecule has 132 valence electrons. The van der Waals surface area contributed by atoms with Crippen LogP contribution in [-0.4, -0.2) is 18.2 Å². The summed E-state index contributed by atoms with van der Waals surface area (Å²) in [5.41, 5.74) is 2.94. The second-order valence-electron chi connectivity index (χ2n) is 7.35. The third-order valence-corrected chi connectivity index (χ3v) is 5.19. The molecule has 2 atom stereocenters. The second kappa shape index (κ2) is 10.00. The molecule has 1 amide bonds. The average molecular weight is 322 g/mol. The number of amides is 1. The Morgan fingerprint density at radius 2 is 1.52 bits per heavy atom. The van der Waals surface area contributed by atoms with E-state index in [1.54, 1.807) is 5.57 Å². The van der Waals surface area contributed by atoms with Crippen molar-refractivity contribution in [1.29, 1.82) is 0 Å². The van der Waals surface area contributed by atoms with E-state index in [2.05, 4.69) is 12.2 Å². The highest BCUT2D eigenvalue weighted by Crippen LogP contribution is 2.41. The van der Waals surface area contributed by atoms with Crippen LogP contribution in [0.4, 0.5) is 4.79 Å². The molecule has 1 aliphatic carbocycles. The third-order valence-electron chi connectivity index (χ3n) is 5.19. The molecule has 3 heteroatoms. The maximum absolute atomic E-state index is 11.2. The Balaban J connectivity index is 1.41. The maximum Gasteiger partial charge on any atom is 0.408 e. The lowest BCUT2D eigenvalue weighted by Gasteiger charge is -2.07. The van der Waals surface area contributed by atoms with Gasteiger partial charge in [0.15, 0.2) is 0 Å². The van der Waals surface area contributed by atoms with Gasteiger partial charge in [0.1, 0.15) is 6.10 Å². The number of rotatable bonds is 13. The topological polar surface area (TPSA) is 38.3 Å². The number of ether oxygens (including phenoxy) is 1. The highest BCUT2D eigenvalue weighted by atomic mass is 16.6. The summed E-state index contributed by atoms with van der Waals surface area (Å²) >= 11 is 0. The average Bonchev–Trinajstić information content (AvgIpc) is 3.21. The summed E-state index contributed by atoms with van der Waals surface area (Å²) in [5, 5.41) is 2.83. The van der Waals surface area contributed by atoms with E-state index in [-0.39, 0.29) is 18.2 Å². The van der Waals surface area contributed by atoms with Gasteiger partial charge in [-0.1, -0.05) is 76.7 Å². The normalized spacial score (nSPS) is 23.1. The van der Waals surface area contributed by atoms with Crippen molar-refractivity contribution in [1.82, 2.24) is 5.32 Å². The molecule has 0 aromatic rings. The van der Waals surface area contributed by atoms with Crippen molar-refractivity contribution in [2.24, 2.45) is 0 Å². The van der Waals surface area contributed by atoms with Crippen molar-refractivity contribution in [3.05, 3.63) is 11.1 Å². The van der Waals surface area contributed by atoms with Crippen molar-refractivity contribution in [3.63, 3.8) is 0 Å². The van der Waals surface area contributed by atoms with Crippen molar-refractivity contribution < 1.29 is 9.53 Å². The highest BCUT2D eigenvalue weighted by Gasteiger charge is 2.39. The first-order valence-corrected chi connectivity index (χ1v) is 9.90. The standard InChI is InChI=1S/C20H35NO2/c1-3-4-5-6-7-8-9-10-11-12-13-14-17-15-18(17)19-16(2)21-20(22)23-19/h16,19H,3-15H2,1-2H3,(H,21,22)/t16-,19-/m0/s1. The van der Waals surface area contributed by atoms with E-state index in [1.807, 2.05) is 6.92 Å². The predicted molar refractivity (Wildman–Crippen MR) is 95.6 cm³/mol. The quantitative estimate of drug-likeness (QED) is 0.339. The number of carbonyl (C=O) groups is 1. The van der Waals surface area contributed by atoms with Crippen LogP contribution < -0.4 is 5.32 Å². The molecule has 0 aromatic carbocycles. The molecular formula is C20H35NO2. The Hall–Kier alpha value is -0.990. The van der Waals surface area contributed by atoms with Gasteiger partial charge in [0.05, 0.1) is 6.04 Å². The van der Waals surface area contributed by atoms with Gasteiger partial charge in [0, 0.05) is 0 Å². The molecule has 0 radical (unpaired) electrons.